The van der Waals surface area contributed by atoms with E-state index in [-0.39, 0.29) is 11.8 Å². The first kappa shape index (κ1) is 15.3. The monoisotopic (exact) mass is 286 g/mol. The van der Waals surface area contributed by atoms with Crippen LogP contribution >= 0.6 is 0 Å². The van der Waals surface area contributed by atoms with Gasteiger partial charge in [-0.15, -0.1) is 0 Å². The Bertz CT molecular complexity index is 579. The summed E-state index contributed by atoms with van der Waals surface area (Å²) < 4.78 is 1.79. The average molecular weight is 286 g/mol. The minimum atomic E-state index is -0.493. The quantitative estimate of drug-likeness (QED) is 0.855. The Balaban J connectivity index is 1.96. The summed E-state index contributed by atoms with van der Waals surface area (Å²) in [6.07, 6.45) is 4.33. The smallest absolute Gasteiger partial charge is 0.241 e. The van der Waals surface area contributed by atoms with Crippen molar-refractivity contribution in [2.45, 2.75) is 32.9 Å². The lowest BCUT2D eigenvalue weighted by atomic mass is 9.99. The number of rotatable bonds is 6. The predicted molar refractivity (Wildman–Crippen MR) is 83.8 cm³/mol. The topological polar surface area (TPSA) is 72.9 Å². The van der Waals surface area contributed by atoms with Crippen molar-refractivity contribution in [2.75, 3.05) is 5.32 Å². The van der Waals surface area contributed by atoms with E-state index in [1.165, 1.54) is 0 Å². The van der Waals surface area contributed by atoms with Crippen molar-refractivity contribution >= 4 is 11.6 Å². The van der Waals surface area contributed by atoms with Crippen LogP contribution in [-0.4, -0.2) is 21.7 Å². The SMILES string of the molecule is CCC(C)[C@H](N)C(=O)Nc1cnn(Cc2ccccc2)c1. The molecule has 5 heteroatoms. The van der Waals surface area contributed by atoms with Gasteiger partial charge in [0, 0.05) is 6.20 Å². The number of anilines is 1. The molecule has 0 bridgehead atoms. The number of nitrogens with one attached hydrogen (secondary N) is 1. The molecule has 0 saturated heterocycles. The van der Waals surface area contributed by atoms with Gasteiger partial charge in [0.25, 0.3) is 0 Å². The zero-order valence-electron chi connectivity index (χ0n) is 12.5. The average Bonchev–Trinajstić information content (AvgIpc) is 2.93. The molecule has 0 aliphatic heterocycles. The van der Waals surface area contributed by atoms with Gasteiger partial charge in [-0.25, -0.2) is 0 Å². The van der Waals surface area contributed by atoms with E-state index in [1.807, 2.05) is 50.4 Å². The van der Waals surface area contributed by atoms with Gasteiger partial charge >= 0.3 is 0 Å². The lowest BCUT2D eigenvalue weighted by Crippen LogP contribution is -2.40. The molecule has 0 fully saturated rings. The largest absolute Gasteiger partial charge is 0.322 e. The summed E-state index contributed by atoms with van der Waals surface area (Å²) in [6, 6.07) is 9.55. The van der Waals surface area contributed by atoms with Crippen molar-refractivity contribution in [3.8, 4) is 0 Å². The second-order valence-electron chi connectivity index (χ2n) is 5.31. The fourth-order valence-electron chi connectivity index (χ4n) is 2.02. The van der Waals surface area contributed by atoms with Crippen molar-refractivity contribution < 1.29 is 4.79 Å². The number of nitrogens with zero attached hydrogens (tertiary/aromatic N) is 2. The minimum Gasteiger partial charge on any atom is -0.322 e. The standard InChI is InChI=1S/C16H22N4O/c1-3-12(2)15(17)16(21)19-14-9-18-20(11-14)10-13-7-5-4-6-8-13/h4-9,11-12,15H,3,10,17H2,1-2H3,(H,19,21)/t12?,15-/m0/s1. The van der Waals surface area contributed by atoms with Gasteiger partial charge in [-0.3, -0.25) is 9.48 Å². The number of amides is 1. The Morgan fingerprint density at radius 1 is 1.38 bits per heavy atom. The number of hydrogen-bond donors (Lipinski definition) is 2. The fourth-order valence-corrected chi connectivity index (χ4v) is 2.02. The van der Waals surface area contributed by atoms with E-state index in [2.05, 4.69) is 10.4 Å². The van der Waals surface area contributed by atoms with Crippen molar-refractivity contribution in [1.29, 1.82) is 0 Å². The molecule has 21 heavy (non-hydrogen) atoms. The maximum atomic E-state index is 12.0. The molecule has 0 radical (unpaired) electrons. The molecule has 2 aromatic rings. The molecule has 0 spiro atoms. The van der Waals surface area contributed by atoms with Gasteiger partial charge in [-0.1, -0.05) is 50.6 Å². The van der Waals surface area contributed by atoms with Crippen LogP contribution in [0.25, 0.3) is 0 Å². The third-order valence-corrected chi connectivity index (χ3v) is 3.65. The van der Waals surface area contributed by atoms with E-state index >= 15 is 0 Å². The molecule has 0 aliphatic rings. The van der Waals surface area contributed by atoms with Crippen LogP contribution < -0.4 is 11.1 Å². The fraction of sp³-hybridized carbons (Fsp3) is 0.375. The Morgan fingerprint density at radius 3 is 2.76 bits per heavy atom. The van der Waals surface area contributed by atoms with Gasteiger partial charge in [0.2, 0.25) is 5.91 Å². The first-order valence-electron chi connectivity index (χ1n) is 7.23. The van der Waals surface area contributed by atoms with Gasteiger partial charge in [-0.05, 0) is 11.5 Å². The second kappa shape index (κ2) is 7.04. The van der Waals surface area contributed by atoms with Gasteiger partial charge in [0.15, 0.2) is 0 Å². The van der Waals surface area contributed by atoms with Crippen LogP contribution in [0.1, 0.15) is 25.8 Å². The second-order valence-corrected chi connectivity index (χ2v) is 5.31. The zero-order chi connectivity index (χ0) is 15.2. The molecule has 1 aromatic heterocycles. The summed E-state index contributed by atoms with van der Waals surface area (Å²) in [7, 11) is 0. The maximum absolute atomic E-state index is 12.0. The lowest BCUT2D eigenvalue weighted by Gasteiger charge is -2.16. The number of aromatic nitrogens is 2. The zero-order valence-corrected chi connectivity index (χ0v) is 12.5. The van der Waals surface area contributed by atoms with E-state index < -0.39 is 6.04 Å². The van der Waals surface area contributed by atoms with Gasteiger partial charge in [-0.2, -0.15) is 5.10 Å². The third-order valence-electron chi connectivity index (χ3n) is 3.65. The summed E-state index contributed by atoms with van der Waals surface area (Å²) in [6.45, 7) is 4.67. The molecule has 1 aromatic carbocycles. The van der Waals surface area contributed by atoms with Gasteiger partial charge in [0.1, 0.15) is 0 Å². The van der Waals surface area contributed by atoms with Crippen LogP contribution in [0.4, 0.5) is 5.69 Å². The number of carbonyl (C=O) groups is 1. The molecule has 3 N–H and O–H groups in total. The molecular formula is C16H22N4O. The highest BCUT2D eigenvalue weighted by atomic mass is 16.2. The number of carbonyl (C=O) groups excluding carboxylic acids is 1. The highest BCUT2D eigenvalue weighted by Gasteiger charge is 2.19. The summed E-state index contributed by atoms with van der Waals surface area (Å²) >= 11 is 0. The summed E-state index contributed by atoms with van der Waals surface area (Å²) in [4.78, 5) is 12.0. The number of benzene rings is 1. The van der Waals surface area contributed by atoms with Crippen LogP contribution in [0, 0.1) is 5.92 Å². The Labute approximate surface area is 125 Å². The van der Waals surface area contributed by atoms with Crippen molar-refractivity contribution in [3.05, 3.63) is 48.3 Å². The van der Waals surface area contributed by atoms with E-state index in [4.69, 9.17) is 5.73 Å². The molecule has 2 atom stereocenters. The normalized spacial score (nSPS) is 13.7. The number of nitrogens with two attached hydrogens (primary N) is 1. The van der Waals surface area contributed by atoms with E-state index in [9.17, 15) is 4.79 Å². The maximum Gasteiger partial charge on any atom is 0.241 e. The van der Waals surface area contributed by atoms with Crippen molar-refractivity contribution in [1.82, 2.24) is 9.78 Å². The minimum absolute atomic E-state index is 0.157. The Morgan fingerprint density at radius 2 is 2.10 bits per heavy atom. The van der Waals surface area contributed by atoms with Crippen molar-refractivity contribution in [3.63, 3.8) is 0 Å². The van der Waals surface area contributed by atoms with E-state index in [1.54, 1.807) is 10.9 Å². The molecular weight excluding hydrogens is 264 g/mol. The first-order valence-corrected chi connectivity index (χ1v) is 7.23. The van der Waals surface area contributed by atoms with Gasteiger partial charge < -0.3 is 11.1 Å². The van der Waals surface area contributed by atoms with Crippen LogP contribution in [0.15, 0.2) is 42.7 Å². The summed E-state index contributed by atoms with van der Waals surface area (Å²) in [5.41, 5.74) is 7.75. The molecule has 1 amide bonds. The van der Waals surface area contributed by atoms with Crippen molar-refractivity contribution in [2.24, 2.45) is 11.7 Å². The molecule has 2 rings (SSSR count). The predicted octanol–water partition coefficient (Wildman–Crippen LogP) is 2.24. The van der Waals surface area contributed by atoms with Crippen LogP contribution in [-0.2, 0) is 11.3 Å². The van der Waals surface area contributed by atoms with Crippen LogP contribution in [0.2, 0.25) is 0 Å². The summed E-state index contributed by atoms with van der Waals surface area (Å²) in [5.74, 6) is -0.00650. The molecule has 5 nitrogen and oxygen atoms in total. The van der Waals surface area contributed by atoms with Crippen LogP contribution in [0.3, 0.4) is 0 Å². The third kappa shape index (κ3) is 4.16. The van der Waals surface area contributed by atoms with E-state index in [0.29, 0.717) is 12.2 Å². The Hall–Kier alpha value is -2.14. The van der Waals surface area contributed by atoms with Crippen LogP contribution in [0.5, 0.6) is 0 Å². The Kier molecular flexibility index (Phi) is 5.11. The summed E-state index contributed by atoms with van der Waals surface area (Å²) in [5, 5.41) is 7.07. The number of hydrogen-bond acceptors (Lipinski definition) is 3. The highest BCUT2D eigenvalue weighted by molar-refractivity contribution is 5.94. The van der Waals surface area contributed by atoms with Gasteiger partial charge in [0.05, 0.1) is 24.5 Å². The van der Waals surface area contributed by atoms with E-state index in [0.717, 1.165) is 12.0 Å². The molecule has 112 valence electrons. The lowest BCUT2D eigenvalue weighted by molar-refractivity contribution is -0.118. The molecule has 0 saturated carbocycles. The molecule has 1 unspecified atom stereocenters. The molecule has 0 aliphatic carbocycles. The molecule has 1 heterocycles. The first-order chi connectivity index (χ1) is 10.1. The highest BCUT2D eigenvalue weighted by Crippen LogP contribution is 2.11.